The summed E-state index contributed by atoms with van der Waals surface area (Å²) in [7, 11) is 0. The first-order valence-corrected chi connectivity index (χ1v) is 11.0. The summed E-state index contributed by atoms with van der Waals surface area (Å²) >= 11 is 3.44. The Balaban J connectivity index is 1.37. The van der Waals surface area contributed by atoms with Crippen LogP contribution < -0.4 is 10.3 Å². The third kappa shape index (κ3) is 3.67. The molecule has 1 aliphatic rings. The quantitative estimate of drug-likeness (QED) is 0.635. The van der Waals surface area contributed by atoms with Crippen LogP contribution in [-0.2, 0) is 18.6 Å². The summed E-state index contributed by atoms with van der Waals surface area (Å²) in [5, 5.41) is 0.835. The lowest BCUT2D eigenvalue weighted by molar-refractivity contribution is 0.341. The van der Waals surface area contributed by atoms with Gasteiger partial charge in [-0.25, -0.2) is 4.98 Å². The number of nitrogens with one attached hydrogen (secondary N) is 1. The smallest absolute Gasteiger partial charge is 0.259 e. The molecule has 2 aromatic heterocycles. The molecule has 6 heteroatoms. The highest BCUT2D eigenvalue weighted by Gasteiger charge is 2.19. The van der Waals surface area contributed by atoms with Gasteiger partial charge in [0.25, 0.3) is 5.56 Å². The molecular formula is C20H22N2O2S2. The van der Waals surface area contributed by atoms with E-state index in [0.717, 1.165) is 45.9 Å². The van der Waals surface area contributed by atoms with Crippen LogP contribution in [0.25, 0.3) is 10.2 Å². The number of fused-ring (bicyclic) bond motifs is 3. The first kappa shape index (κ1) is 17.6. The molecule has 4 nitrogen and oxygen atoms in total. The van der Waals surface area contributed by atoms with Crippen LogP contribution in [0, 0.1) is 6.92 Å². The number of aromatic amines is 1. The van der Waals surface area contributed by atoms with E-state index < -0.39 is 0 Å². The van der Waals surface area contributed by atoms with Gasteiger partial charge in [-0.1, -0.05) is 18.2 Å². The molecule has 0 saturated carbocycles. The number of thioether (sulfide) groups is 1. The van der Waals surface area contributed by atoms with E-state index in [1.54, 1.807) is 23.1 Å². The number of ether oxygens (including phenoxy) is 1. The van der Waals surface area contributed by atoms with Gasteiger partial charge in [0.2, 0.25) is 0 Å². The zero-order valence-electron chi connectivity index (χ0n) is 14.8. The Bertz CT molecular complexity index is 978. The molecule has 0 radical (unpaired) electrons. The standard InChI is InChI=1S/C20H22N2O2S2/c1-13-6-2-4-8-15(13)24-10-11-25-12-17-21-19(23)18-14-7-3-5-9-16(14)26-20(18)22-17/h2,4,6,8H,3,5,7,9-12H2,1H3,(H,21,22,23). The van der Waals surface area contributed by atoms with Crippen LogP contribution in [0.15, 0.2) is 29.1 Å². The highest BCUT2D eigenvalue weighted by molar-refractivity contribution is 7.98. The third-order valence-electron chi connectivity index (χ3n) is 4.69. The summed E-state index contributed by atoms with van der Waals surface area (Å²) in [5.41, 5.74) is 2.42. The number of benzene rings is 1. The van der Waals surface area contributed by atoms with Crippen LogP contribution in [0.1, 0.15) is 34.7 Å². The number of aromatic nitrogens is 2. The maximum Gasteiger partial charge on any atom is 0.259 e. The molecule has 0 aliphatic heterocycles. The minimum absolute atomic E-state index is 0.0289. The van der Waals surface area contributed by atoms with Crippen molar-refractivity contribution in [2.45, 2.75) is 38.4 Å². The van der Waals surface area contributed by atoms with Gasteiger partial charge in [-0.15, -0.1) is 11.3 Å². The van der Waals surface area contributed by atoms with Crippen LogP contribution in [0.3, 0.4) is 0 Å². The number of aryl methyl sites for hydroxylation is 3. The van der Waals surface area contributed by atoms with Crippen molar-refractivity contribution in [2.75, 3.05) is 12.4 Å². The summed E-state index contributed by atoms with van der Waals surface area (Å²) in [6.45, 7) is 2.70. The maximum atomic E-state index is 12.5. The topological polar surface area (TPSA) is 55.0 Å². The van der Waals surface area contributed by atoms with E-state index in [-0.39, 0.29) is 5.56 Å². The van der Waals surface area contributed by atoms with E-state index in [1.807, 2.05) is 31.2 Å². The fourth-order valence-corrected chi connectivity index (χ4v) is 5.33. The molecule has 0 atom stereocenters. The van der Waals surface area contributed by atoms with Gasteiger partial charge in [0.1, 0.15) is 16.4 Å². The molecule has 0 fully saturated rings. The molecular weight excluding hydrogens is 364 g/mol. The molecule has 136 valence electrons. The maximum absolute atomic E-state index is 12.5. The van der Waals surface area contributed by atoms with E-state index >= 15 is 0 Å². The Labute approximate surface area is 161 Å². The average molecular weight is 387 g/mol. The number of nitrogens with zero attached hydrogens (tertiary/aromatic N) is 1. The van der Waals surface area contributed by atoms with Crippen molar-refractivity contribution in [3.8, 4) is 5.75 Å². The van der Waals surface area contributed by atoms with Crippen molar-refractivity contribution in [1.82, 2.24) is 9.97 Å². The number of rotatable bonds is 6. The molecule has 0 saturated heterocycles. The summed E-state index contributed by atoms with van der Waals surface area (Å²) in [5.74, 6) is 3.26. The molecule has 1 N–H and O–H groups in total. The van der Waals surface area contributed by atoms with Gasteiger partial charge in [-0.3, -0.25) is 4.79 Å². The van der Waals surface area contributed by atoms with Crippen molar-refractivity contribution in [3.05, 3.63) is 56.4 Å². The SMILES string of the molecule is Cc1ccccc1OCCSCc1nc2sc3c(c2c(=O)[nH]1)CCCC3. The van der Waals surface area contributed by atoms with Crippen molar-refractivity contribution < 1.29 is 4.74 Å². The lowest BCUT2D eigenvalue weighted by atomic mass is 9.97. The van der Waals surface area contributed by atoms with E-state index in [9.17, 15) is 4.79 Å². The molecule has 0 unspecified atom stereocenters. The second-order valence-corrected chi connectivity index (χ2v) is 8.76. The molecule has 26 heavy (non-hydrogen) atoms. The van der Waals surface area contributed by atoms with E-state index in [1.165, 1.54) is 23.3 Å². The fourth-order valence-electron chi connectivity index (χ4n) is 3.37. The number of hydrogen-bond donors (Lipinski definition) is 1. The van der Waals surface area contributed by atoms with Gasteiger partial charge in [-0.05, 0) is 49.8 Å². The van der Waals surface area contributed by atoms with Crippen molar-refractivity contribution in [1.29, 1.82) is 0 Å². The predicted molar refractivity (Wildman–Crippen MR) is 110 cm³/mol. The number of para-hydroxylation sites is 1. The van der Waals surface area contributed by atoms with Gasteiger partial charge >= 0.3 is 0 Å². The normalized spacial score (nSPS) is 13.7. The van der Waals surface area contributed by atoms with Crippen LogP contribution in [0.4, 0.5) is 0 Å². The minimum Gasteiger partial charge on any atom is -0.492 e. The van der Waals surface area contributed by atoms with Crippen LogP contribution in [0.2, 0.25) is 0 Å². The molecule has 1 aromatic carbocycles. The second kappa shape index (κ2) is 7.84. The molecule has 0 spiro atoms. The number of H-pyrrole nitrogens is 1. The highest BCUT2D eigenvalue weighted by atomic mass is 32.2. The first-order chi connectivity index (χ1) is 12.7. The van der Waals surface area contributed by atoms with E-state index in [4.69, 9.17) is 9.72 Å². The number of thiophene rings is 1. The van der Waals surface area contributed by atoms with E-state index in [2.05, 4.69) is 4.98 Å². The van der Waals surface area contributed by atoms with Crippen LogP contribution >= 0.6 is 23.1 Å². The largest absolute Gasteiger partial charge is 0.492 e. The molecule has 0 bridgehead atoms. The Morgan fingerprint density at radius 3 is 3.00 bits per heavy atom. The third-order valence-corrected chi connectivity index (χ3v) is 6.81. The minimum atomic E-state index is 0.0289. The molecule has 1 aliphatic carbocycles. The van der Waals surface area contributed by atoms with Crippen LogP contribution in [0.5, 0.6) is 5.75 Å². The lowest BCUT2D eigenvalue weighted by Gasteiger charge is -2.09. The highest BCUT2D eigenvalue weighted by Crippen LogP contribution is 2.33. The predicted octanol–water partition coefficient (Wildman–Crippen LogP) is 4.48. The average Bonchev–Trinajstić information content (AvgIpc) is 3.01. The van der Waals surface area contributed by atoms with Gasteiger partial charge in [0.05, 0.1) is 17.7 Å². The van der Waals surface area contributed by atoms with Gasteiger partial charge in [0, 0.05) is 10.6 Å². The van der Waals surface area contributed by atoms with Gasteiger partial charge < -0.3 is 9.72 Å². The molecule has 0 amide bonds. The molecule has 3 aromatic rings. The van der Waals surface area contributed by atoms with Gasteiger partial charge in [-0.2, -0.15) is 11.8 Å². The lowest BCUT2D eigenvalue weighted by Crippen LogP contribution is -2.12. The van der Waals surface area contributed by atoms with Crippen molar-refractivity contribution >= 4 is 33.3 Å². The van der Waals surface area contributed by atoms with E-state index in [0.29, 0.717) is 12.4 Å². The zero-order valence-corrected chi connectivity index (χ0v) is 16.5. The summed E-state index contributed by atoms with van der Waals surface area (Å²) < 4.78 is 5.81. The van der Waals surface area contributed by atoms with Crippen LogP contribution in [-0.4, -0.2) is 22.3 Å². The summed E-state index contributed by atoms with van der Waals surface area (Å²) in [4.78, 5) is 22.5. The first-order valence-electron chi connectivity index (χ1n) is 9.02. The van der Waals surface area contributed by atoms with Gasteiger partial charge in [0.15, 0.2) is 0 Å². The monoisotopic (exact) mass is 386 g/mol. The van der Waals surface area contributed by atoms with Crippen molar-refractivity contribution in [3.63, 3.8) is 0 Å². The number of hydrogen-bond acceptors (Lipinski definition) is 5. The molecule has 2 heterocycles. The Kier molecular flexibility index (Phi) is 5.31. The Morgan fingerprint density at radius 2 is 2.12 bits per heavy atom. The Hall–Kier alpha value is -1.79. The summed E-state index contributed by atoms with van der Waals surface area (Å²) in [6.07, 6.45) is 4.51. The van der Waals surface area contributed by atoms with Crippen molar-refractivity contribution in [2.24, 2.45) is 0 Å². The molecule has 4 rings (SSSR count). The zero-order chi connectivity index (χ0) is 17.9. The summed E-state index contributed by atoms with van der Waals surface area (Å²) in [6, 6.07) is 8.04. The fraction of sp³-hybridized carbons (Fsp3) is 0.400. The Morgan fingerprint density at radius 1 is 1.27 bits per heavy atom. The second-order valence-electron chi connectivity index (χ2n) is 6.57.